The topological polar surface area (TPSA) is 42.4 Å². The third-order valence-corrected chi connectivity index (χ3v) is 7.61. The zero-order chi connectivity index (χ0) is 22.1. The largest absolute Gasteiger partial charge is 0.368 e. The zero-order valence-corrected chi connectivity index (χ0v) is 19.2. The lowest BCUT2D eigenvalue weighted by Gasteiger charge is -2.36. The van der Waals surface area contributed by atoms with Crippen LogP contribution in [0.2, 0.25) is 5.02 Å². The van der Waals surface area contributed by atoms with Gasteiger partial charge in [0.1, 0.15) is 6.10 Å². The van der Waals surface area contributed by atoms with Crippen molar-refractivity contribution in [2.24, 2.45) is 5.92 Å². The Balaban J connectivity index is 1.25. The Bertz CT molecular complexity index is 1100. The van der Waals surface area contributed by atoms with Crippen LogP contribution >= 0.6 is 11.6 Å². The number of pyridine rings is 1. The predicted octanol–water partition coefficient (Wildman–Crippen LogP) is 6.08. The number of nitrogens with zero attached hydrogens (tertiary/aromatic N) is 2. The van der Waals surface area contributed by atoms with Gasteiger partial charge >= 0.3 is 0 Å². The Morgan fingerprint density at radius 2 is 1.88 bits per heavy atom. The maximum Gasteiger partial charge on any atom is 0.251 e. The second-order valence-corrected chi connectivity index (χ2v) is 9.46. The molecular weight excluding hydrogens is 420 g/mol. The highest BCUT2D eigenvalue weighted by Crippen LogP contribution is 2.36. The SMILES string of the molecule is CC(c1ccc(-c2ccc3cccnc3c2Cl)cc1)C1CCN(C(=O)C2CCCO2)CC1. The lowest BCUT2D eigenvalue weighted by atomic mass is 9.81. The summed E-state index contributed by atoms with van der Waals surface area (Å²) in [5, 5.41) is 1.75. The smallest absolute Gasteiger partial charge is 0.251 e. The van der Waals surface area contributed by atoms with Crippen LogP contribution in [0.5, 0.6) is 0 Å². The molecule has 5 heteroatoms. The van der Waals surface area contributed by atoms with Gasteiger partial charge in [0.15, 0.2) is 0 Å². The van der Waals surface area contributed by atoms with Gasteiger partial charge in [-0.3, -0.25) is 9.78 Å². The fraction of sp³-hybridized carbons (Fsp3) is 0.407. The number of rotatable bonds is 4. The number of carbonyl (C=O) groups is 1. The molecule has 5 rings (SSSR count). The molecule has 1 amide bonds. The zero-order valence-electron chi connectivity index (χ0n) is 18.5. The Hall–Kier alpha value is -2.43. The average molecular weight is 449 g/mol. The van der Waals surface area contributed by atoms with Gasteiger partial charge in [0.05, 0.1) is 10.5 Å². The van der Waals surface area contributed by atoms with Crippen molar-refractivity contribution >= 4 is 28.4 Å². The molecule has 2 atom stereocenters. The second-order valence-electron chi connectivity index (χ2n) is 9.08. The van der Waals surface area contributed by atoms with E-state index in [1.807, 2.05) is 17.0 Å². The molecule has 0 saturated carbocycles. The van der Waals surface area contributed by atoms with Gasteiger partial charge in [-0.25, -0.2) is 0 Å². The van der Waals surface area contributed by atoms with Crippen LogP contribution in [0.15, 0.2) is 54.7 Å². The minimum atomic E-state index is -0.200. The molecule has 2 unspecified atom stereocenters. The number of fused-ring (bicyclic) bond motifs is 1. The molecule has 0 N–H and O–H groups in total. The molecule has 0 bridgehead atoms. The van der Waals surface area contributed by atoms with Gasteiger partial charge in [-0.05, 0) is 54.7 Å². The van der Waals surface area contributed by atoms with Gasteiger partial charge in [0.2, 0.25) is 0 Å². The number of hydrogen-bond acceptors (Lipinski definition) is 3. The molecule has 32 heavy (non-hydrogen) atoms. The van der Waals surface area contributed by atoms with Crippen LogP contribution < -0.4 is 0 Å². The van der Waals surface area contributed by atoms with Gasteiger partial charge in [-0.2, -0.15) is 0 Å². The van der Waals surface area contributed by atoms with E-state index in [0.29, 0.717) is 16.9 Å². The Morgan fingerprint density at radius 1 is 1.09 bits per heavy atom. The molecule has 1 aromatic heterocycles. The summed E-state index contributed by atoms with van der Waals surface area (Å²) in [5.41, 5.74) is 4.30. The summed E-state index contributed by atoms with van der Waals surface area (Å²) >= 11 is 6.68. The number of piperidine rings is 1. The number of likely N-dealkylation sites (tertiary alicyclic amines) is 1. The summed E-state index contributed by atoms with van der Waals surface area (Å²) in [7, 11) is 0. The van der Waals surface area contributed by atoms with E-state index < -0.39 is 0 Å². The van der Waals surface area contributed by atoms with Crippen LogP contribution in [0.1, 0.15) is 44.1 Å². The summed E-state index contributed by atoms with van der Waals surface area (Å²) in [5.74, 6) is 1.24. The van der Waals surface area contributed by atoms with Crippen LogP contribution in [-0.2, 0) is 9.53 Å². The first kappa shape index (κ1) is 21.4. The minimum absolute atomic E-state index is 0.194. The molecule has 3 aromatic rings. The van der Waals surface area contributed by atoms with Crippen LogP contribution in [0.4, 0.5) is 0 Å². The molecule has 3 heterocycles. The molecular formula is C27H29ClN2O2. The van der Waals surface area contributed by atoms with Crippen molar-refractivity contribution in [2.75, 3.05) is 19.7 Å². The standard InChI is InChI=1S/C27H29ClN2O2/c1-18(20-12-15-30(16-13-20)27(31)24-5-3-17-32-24)19-6-8-21(9-7-19)23-11-10-22-4-2-14-29-26(22)25(23)28/h2,4,6-11,14,18,20,24H,3,5,12-13,15-17H2,1H3. The molecule has 2 saturated heterocycles. The molecule has 166 valence electrons. The maximum absolute atomic E-state index is 12.6. The van der Waals surface area contributed by atoms with Crippen molar-refractivity contribution < 1.29 is 9.53 Å². The number of amides is 1. The van der Waals surface area contributed by atoms with Crippen molar-refractivity contribution in [1.82, 2.24) is 9.88 Å². The Morgan fingerprint density at radius 3 is 2.59 bits per heavy atom. The highest BCUT2D eigenvalue weighted by atomic mass is 35.5. The van der Waals surface area contributed by atoms with Crippen LogP contribution in [0, 0.1) is 5.92 Å². The third-order valence-electron chi connectivity index (χ3n) is 7.22. The van der Waals surface area contributed by atoms with Crippen molar-refractivity contribution in [3.63, 3.8) is 0 Å². The summed E-state index contributed by atoms with van der Waals surface area (Å²) in [6.07, 6.45) is 5.54. The van der Waals surface area contributed by atoms with E-state index in [9.17, 15) is 4.79 Å². The number of hydrogen-bond donors (Lipinski definition) is 0. The van der Waals surface area contributed by atoms with E-state index in [1.165, 1.54) is 5.56 Å². The molecule has 4 nitrogen and oxygen atoms in total. The van der Waals surface area contributed by atoms with Crippen LogP contribution in [0.25, 0.3) is 22.0 Å². The molecule has 0 spiro atoms. The highest BCUT2D eigenvalue weighted by Gasteiger charge is 2.32. The molecule has 2 aliphatic heterocycles. The maximum atomic E-state index is 12.6. The van der Waals surface area contributed by atoms with Gasteiger partial charge in [-0.15, -0.1) is 0 Å². The minimum Gasteiger partial charge on any atom is -0.368 e. The van der Waals surface area contributed by atoms with Crippen molar-refractivity contribution in [3.05, 3.63) is 65.3 Å². The van der Waals surface area contributed by atoms with E-state index in [2.05, 4.69) is 48.3 Å². The highest BCUT2D eigenvalue weighted by molar-refractivity contribution is 6.37. The normalized spacial score (nSPS) is 20.6. The van der Waals surface area contributed by atoms with Crippen molar-refractivity contribution in [2.45, 2.75) is 44.6 Å². The van der Waals surface area contributed by atoms with Gasteiger partial charge < -0.3 is 9.64 Å². The molecule has 0 aliphatic carbocycles. The summed E-state index contributed by atoms with van der Waals surface area (Å²) in [6, 6.07) is 16.9. The predicted molar refractivity (Wildman–Crippen MR) is 129 cm³/mol. The van der Waals surface area contributed by atoms with Crippen LogP contribution in [-0.4, -0.2) is 41.6 Å². The van der Waals surface area contributed by atoms with E-state index in [0.717, 1.165) is 67.4 Å². The first-order valence-corrected chi connectivity index (χ1v) is 12.0. The average Bonchev–Trinajstić information content (AvgIpc) is 3.39. The van der Waals surface area contributed by atoms with E-state index in [4.69, 9.17) is 16.3 Å². The number of benzene rings is 2. The Kier molecular flexibility index (Phi) is 6.16. The fourth-order valence-electron chi connectivity index (χ4n) is 5.17. The fourth-order valence-corrected chi connectivity index (χ4v) is 5.50. The number of halogens is 1. The first-order chi connectivity index (χ1) is 15.6. The second kappa shape index (κ2) is 9.21. The molecule has 2 fully saturated rings. The third kappa shape index (κ3) is 4.14. The number of ether oxygens (including phenoxy) is 1. The van der Waals surface area contributed by atoms with Gasteiger partial charge in [0.25, 0.3) is 5.91 Å². The Labute approximate surface area is 194 Å². The summed E-state index contributed by atoms with van der Waals surface area (Å²) < 4.78 is 5.59. The van der Waals surface area contributed by atoms with Crippen LogP contribution in [0.3, 0.4) is 0 Å². The van der Waals surface area contributed by atoms with Gasteiger partial charge in [-0.1, -0.05) is 61.0 Å². The molecule has 2 aliphatic rings. The quantitative estimate of drug-likeness (QED) is 0.486. The van der Waals surface area contributed by atoms with Crippen molar-refractivity contribution in [1.29, 1.82) is 0 Å². The molecule has 2 aromatic carbocycles. The lowest BCUT2D eigenvalue weighted by Crippen LogP contribution is -2.44. The lowest BCUT2D eigenvalue weighted by molar-refractivity contribution is -0.142. The summed E-state index contributed by atoms with van der Waals surface area (Å²) in [4.78, 5) is 19.1. The number of aromatic nitrogens is 1. The van der Waals surface area contributed by atoms with E-state index in [1.54, 1.807) is 6.20 Å². The summed E-state index contributed by atoms with van der Waals surface area (Å²) in [6.45, 7) is 4.71. The van der Waals surface area contributed by atoms with E-state index in [-0.39, 0.29) is 12.0 Å². The number of carbonyl (C=O) groups excluding carboxylic acids is 1. The first-order valence-electron chi connectivity index (χ1n) is 11.7. The van der Waals surface area contributed by atoms with Gasteiger partial charge in [0, 0.05) is 36.8 Å². The van der Waals surface area contributed by atoms with Crippen molar-refractivity contribution in [3.8, 4) is 11.1 Å². The monoisotopic (exact) mass is 448 g/mol. The molecule has 0 radical (unpaired) electrons. The van der Waals surface area contributed by atoms with E-state index >= 15 is 0 Å².